The van der Waals surface area contributed by atoms with Crippen LogP contribution in [-0.2, 0) is 0 Å². The van der Waals surface area contributed by atoms with Gasteiger partial charge in [0.25, 0.3) is 11.5 Å². The summed E-state index contributed by atoms with van der Waals surface area (Å²) in [6.45, 7) is 0. The zero-order valence-electron chi connectivity index (χ0n) is 6.79. The molecule has 0 aromatic heterocycles. The molecule has 0 aliphatic carbocycles. The molecule has 0 amide bonds. The third-order valence-electron chi connectivity index (χ3n) is 1.26. The molecule has 0 aliphatic heterocycles. The Hall–Kier alpha value is -0.360. The van der Waals surface area contributed by atoms with Gasteiger partial charge in [-0.25, -0.2) is 0 Å². The maximum Gasteiger partial charge on any atom is 0.288 e. The average molecular weight is 242 g/mol. The van der Waals surface area contributed by atoms with Crippen LogP contribution in [0.25, 0.3) is 0 Å². The zero-order chi connectivity index (χ0) is 10.6. The van der Waals surface area contributed by atoms with Crippen LogP contribution in [-0.4, -0.2) is 11.5 Å². The van der Waals surface area contributed by atoms with Gasteiger partial charge in [-0.3, -0.25) is 0 Å². The largest absolute Gasteiger partial charge is 0.288 e. The first-order valence-corrected chi connectivity index (χ1v) is 5.33. The van der Waals surface area contributed by atoms with Crippen molar-refractivity contribution in [3.05, 3.63) is 24.3 Å². The standard InChI is InChI=1S/C8H6F4S2/c9-7(10)13-5-2-1-3-6(4-5)14-8(11)12/h1-4,7-8H. The number of hydrogen-bond donors (Lipinski definition) is 0. The molecule has 0 N–H and O–H groups in total. The second-order valence-corrected chi connectivity index (χ2v) is 4.36. The molecule has 0 unspecified atom stereocenters. The van der Waals surface area contributed by atoms with Crippen LogP contribution in [0, 0.1) is 0 Å². The summed E-state index contributed by atoms with van der Waals surface area (Å²) in [5.41, 5.74) is 0. The maximum absolute atomic E-state index is 11.9. The molecule has 0 radical (unpaired) electrons. The van der Waals surface area contributed by atoms with E-state index >= 15 is 0 Å². The molecule has 0 atom stereocenters. The van der Waals surface area contributed by atoms with Gasteiger partial charge in [-0.15, -0.1) is 0 Å². The van der Waals surface area contributed by atoms with Gasteiger partial charge in [0.1, 0.15) is 0 Å². The molecular weight excluding hydrogens is 236 g/mol. The minimum atomic E-state index is -2.53. The summed E-state index contributed by atoms with van der Waals surface area (Å²) in [4.78, 5) is 0.594. The van der Waals surface area contributed by atoms with E-state index in [4.69, 9.17) is 0 Å². The Morgan fingerprint density at radius 2 is 1.29 bits per heavy atom. The molecular formula is C8H6F4S2. The van der Waals surface area contributed by atoms with Gasteiger partial charge in [0.05, 0.1) is 0 Å². The van der Waals surface area contributed by atoms with Gasteiger partial charge in [0, 0.05) is 9.79 Å². The van der Waals surface area contributed by atoms with E-state index < -0.39 is 11.5 Å². The van der Waals surface area contributed by atoms with Crippen LogP contribution in [0.2, 0.25) is 0 Å². The summed E-state index contributed by atoms with van der Waals surface area (Å²) in [6, 6.07) is 5.74. The predicted molar refractivity (Wildman–Crippen MR) is 50.2 cm³/mol. The fourth-order valence-corrected chi connectivity index (χ4v) is 2.02. The SMILES string of the molecule is FC(F)Sc1cccc(SC(F)F)c1. The van der Waals surface area contributed by atoms with E-state index in [2.05, 4.69) is 0 Å². The monoisotopic (exact) mass is 242 g/mol. The second-order valence-electron chi connectivity index (χ2n) is 2.23. The summed E-state index contributed by atoms with van der Waals surface area (Å²) in [5.74, 6) is -5.05. The molecule has 6 heteroatoms. The van der Waals surface area contributed by atoms with E-state index in [9.17, 15) is 17.6 Å². The highest BCUT2D eigenvalue weighted by Gasteiger charge is 2.08. The van der Waals surface area contributed by atoms with Crippen molar-refractivity contribution in [2.45, 2.75) is 21.3 Å². The first kappa shape index (κ1) is 11.7. The number of thioether (sulfide) groups is 2. The predicted octanol–water partition coefficient (Wildman–Crippen LogP) is 4.32. The Labute approximate surface area is 87.1 Å². The molecule has 14 heavy (non-hydrogen) atoms. The number of hydrogen-bond acceptors (Lipinski definition) is 2. The minimum absolute atomic E-state index is 0.297. The highest BCUT2D eigenvalue weighted by molar-refractivity contribution is 8.00. The lowest BCUT2D eigenvalue weighted by Gasteiger charge is -2.03. The molecule has 0 bridgehead atoms. The highest BCUT2D eigenvalue weighted by Crippen LogP contribution is 2.31. The number of alkyl halides is 4. The average Bonchev–Trinajstić information content (AvgIpc) is 2.01. The Morgan fingerprint density at radius 3 is 1.64 bits per heavy atom. The lowest BCUT2D eigenvalue weighted by Crippen LogP contribution is -1.84. The van der Waals surface area contributed by atoms with E-state index in [0.29, 0.717) is 33.3 Å². The van der Waals surface area contributed by atoms with Crippen LogP contribution in [0.5, 0.6) is 0 Å². The summed E-state index contributed by atoms with van der Waals surface area (Å²) in [5, 5.41) is 0. The quantitative estimate of drug-likeness (QED) is 0.569. The van der Waals surface area contributed by atoms with Crippen LogP contribution >= 0.6 is 23.5 Å². The zero-order valence-corrected chi connectivity index (χ0v) is 8.43. The Kier molecular flexibility index (Phi) is 4.60. The van der Waals surface area contributed by atoms with Crippen LogP contribution in [0.15, 0.2) is 34.1 Å². The van der Waals surface area contributed by atoms with Gasteiger partial charge in [0.2, 0.25) is 0 Å². The third kappa shape index (κ3) is 4.23. The van der Waals surface area contributed by atoms with Crippen LogP contribution in [0.4, 0.5) is 17.6 Å². The first-order valence-electron chi connectivity index (χ1n) is 3.57. The van der Waals surface area contributed by atoms with Crippen molar-refractivity contribution in [1.29, 1.82) is 0 Å². The van der Waals surface area contributed by atoms with Crippen molar-refractivity contribution < 1.29 is 17.6 Å². The smallest absolute Gasteiger partial charge is 0.198 e. The lowest BCUT2D eigenvalue weighted by atomic mass is 10.4. The topological polar surface area (TPSA) is 0 Å². The summed E-state index contributed by atoms with van der Waals surface area (Å²) in [6.07, 6.45) is 0. The number of halogens is 4. The fraction of sp³-hybridized carbons (Fsp3) is 0.250. The van der Waals surface area contributed by atoms with Gasteiger partial charge in [-0.2, -0.15) is 17.6 Å². The van der Waals surface area contributed by atoms with Crippen molar-refractivity contribution in [2.24, 2.45) is 0 Å². The van der Waals surface area contributed by atoms with E-state index in [1.807, 2.05) is 0 Å². The fourth-order valence-electron chi connectivity index (χ4n) is 0.827. The van der Waals surface area contributed by atoms with Crippen molar-refractivity contribution in [3.8, 4) is 0 Å². The molecule has 78 valence electrons. The molecule has 1 aromatic carbocycles. The Morgan fingerprint density at radius 1 is 0.857 bits per heavy atom. The van der Waals surface area contributed by atoms with Gasteiger partial charge in [-0.05, 0) is 18.2 Å². The van der Waals surface area contributed by atoms with Crippen molar-refractivity contribution >= 4 is 23.5 Å². The molecule has 0 heterocycles. The molecule has 1 rings (SSSR count). The van der Waals surface area contributed by atoms with Crippen molar-refractivity contribution in [2.75, 3.05) is 0 Å². The third-order valence-corrected chi connectivity index (χ3v) is 2.66. The maximum atomic E-state index is 11.9. The van der Waals surface area contributed by atoms with Crippen molar-refractivity contribution in [3.63, 3.8) is 0 Å². The highest BCUT2D eigenvalue weighted by atomic mass is 32.2. The first-order chi connectivity index (χ1) is 6.58. The molecule has 1 aromatic rings. The van der Waals surface area contributed by atoms with Gasteiger partial charge in [-0.1, -0.05) is 29.6 Å². The van der Waals surface area contributed by atoms with E-state index in [1.165, 1.54) is 24.3 Å². The van der Waals surface area contributed by atoms with Gasteiger partial charge >= 0.3 is 0 Å². The van der Waals surface area contributed by atoms with Gasteiger partial charge in [0.15, 0.2) is 0 Å². The molecule has 0 nitrogen and oxygen atoms in total. The lowest BCUT2D eigenvalue weighted by molar-refractivity contribution is 0.252. The van der Waals surface area contributed by atoms with Crippen LogP contribution in [0.1, 0.15) is 0 Å². The Bertz CT molecular complexity index is 265. The summed E-state index contributed by atoms with van der Waals surface area (Å²) in [7, 11) is 0. The normalized spacial score (nSPS) is 11.3. The van der Waals surface area contributed by atoms with Gasteiger partial charge < -0.3 is 0 Å². The summed E-state index contributed by atoms with van der Waals surface area (Å²) < 4.78 is 47.7. The summed E-state index contributed by atoms with van der Waals surface area (Å²) >= 11 is 0.696. The minimum Gasteiger partial charge on any atom is -0.198 e. The number of rotatable bonds is 4. The Balaban J connectivity index is 2.68. The van der Waals surface area contributed by atoms with Crippen LogP contribution < -0.4 is 0 Å². The number of benzene rings is 1. The molecule has 0 saturated heterocycles. The second kappa shape index (κ2) is 5.50. The van der Waals surface area contributed by atoms with E-state index in [0.717, 1.165) is 0 Å². The molecule has 0 spiro atoms. The van der Waals surface area contributed by atoms with E-state index in [-0.39, 0.29) is 0 Å². The van der Waals surface area contributed by atoms with Crippen molar-refractivity contribution in [1.82, 2.24) is 0 Å². The molecule has 0 fully saturated rings. The van der Waals surface area contributed by atoms with E-state index in [1.54, 1.807) is 0 Å². The van der Waals surface area contributed by atoms with Crippen LogP contribution in [0.3, 0.4) is 0 Å². The molecule has 0 saturated carbocycles. The molecule has 0 aliphatic rings.